The van der Waals surface area contributed by atoms with Gasteiger partial charge in [0, 0.05) is 22.1 Å². The number of carbonyl (C=O) groups excluding carboxylic acids is 2. The molecule has 1 saturated heterocycles. The Balaban J connectivity index is 1.79. The zero-order valence-corrected chi connectivity index (χ0v) is 16.2. The zero-order valence-electron chi connectivity index (χ0n) is 14.7. The summed E-state index contributed by atoms with van der Waals surface area (Å²) in [7, 11) is 0. The van der Waals surface area contributed by atoms with Gasteiger partial charge in [0.2, 0.25) is 17.6 Å². The molecule has 6 nitrogen and oxygen atoms in total. The molecule has 26 heavy (non-hydrogen) atoms. The van der Waals surface area contributed by atoms with Crippen LogP contribution >= 0.6 is 23.4 Å². The van der Waals surface area contributed by atoms with E-state index in [9.17, 15) is 9.59 Å². The van der Waals surface area contributed by atoms with Crippen molar-refractivity contribution in [2.24, 2.45) is 5.41 Å². The molecule has 1 amide bonds. The average Bonchev–Trinajstić information content (AvgIpc) is 3.17. The van der Waals surface area contributed by atoms with E-state index in [-0.39, 0.29) is 18.2 Å². The number of hydrogen-bond donors (Lipinski definition) is 0. The number of amides is 1. The van der Waals surface area contributed by atoms with Crippen molar-refractivity contribution in [2.75, 3.05) is 5.75 Å². The van der Waals surface area contributed by atoms with Gasteiger partial charge < -0.3 is 4.52 Å². The van der Waals surface area contributed by atoms with Gasteiger partial charge in [0.1, 0.15) is 6.54 Å². The van der Waals surface area contributed by atoms with Crippen LogP contribution in [0.2, 0.25) is 5.02 Å². The van der Waals surface area contributed by atoms with Crippen LogP contribution in [-0.4, -0.2) is 32.5 Å². The second-order valence-corrected chi connectivity index (χ2v) is 8.32. The van der Waals surface area contributed by atoms with Crippen molar-refractivity contribution in [1.82, 2.24) is 15.0 Å². The third-order valence-electron chi connectivity index (χ3n) is 3.77. The third kappa shape index (κ3) is 4.16. The summed E-state index contributed by atoms with van der Waals surface area (Å²) in [6, 6.07) is 7.07. The zero-order chi connectivity index (χ0) is 18.9. The number of hydrogen-bond acceptors (Lipinski definition) is 6. The summed E-state index contributed by atoms with van der Waals surface area (Å²) in [5.41, 5.74) is 0.266. The maximum atomic E-state index is 12.3. The molecule has 0 atom stereocenters. The molecule has 0 N–H and O–H groups in total. The summed E-state index contributed by atoms with van der Waals surface area (Å²) < 4.78 is 5.27. The largest absolute Gasteiger partial charge is 0.337 e. The van der Waals surface area contributed by atoms with Crippen LogP contribution in [0.4, 0.5) is 0 Å². The van der Waals surface area contributed by atoms with Gasteiger partial charge in [-0.15, -0.1) is 0 Å². The maximum absolute atomic E-state index is 12.3. The van der Waals surface area contributed by atoms with E-state index in [1.807, 2.05) is 20.8 Å². The monoisotopic (exact) mass is 391 g/mol. The summed E-state index contributed by atoms with van der Waals surface area (Å²) >= 11 is 7.22. The summed E-state index contributed by atoms with van der Waals surface area (Å²) in [4.78, 5) is 30.3. The van der Waals surface area contributed by atoms with Crippen LogP contribution in [0.15, 0.2) is 39.9 Å². The number of ketones is 1. The number of thioether (sulfide) groups is 1. The van der Waals surface area contributed by atoms with Gasteiger partial charge in [-0.2, -0.15) is 4.98 Å². The smallest absolute Gasteiger partial charge is 0.247 e. The van der Waals surface area contributed by atoms with E-state index in [0.717, 1.165) is 5.56 Å². The summed E-state index contributed by atoms with van der Waals surface area (Å²) in [5.74, 6) is 0.898. The van der Waals surface area contributed by atoms with Gasteiger partial charge in [0.25, 0.3) is 0 Å². The second kappa shape index (κ2) is 7.25. The summed E-state index contributed by atoms with van der Waals surface area (Å²) in [6.45, 7) is 5.66. The molecule has 0 bridgehead atoms. The molecule has 3 rings (SSSR count). The molecular weight excluding hydrogens is 374 g/mol. The van der Waals surface area contributed by atoms with E-state index in [1.54, 1.807) is 24.3 Å². The topological polar surface area (TPSA) is 76.3 Å². The van der Waals surface area contributed by atoms with Crippen molar-refractivity contribution < 1.29 is 14.1 Å². The fourth-order valence-electron chi connectivity index (χ4n) is 2.20. The molecule has 2 heterocycles. The Kier molecular flexibility index (Phi) is 5.20. The molecule has 1 aromatic heterocycles. The molecule has 0 unspecified atom stereocenters. The maximum Gasteiger partial charge on any atom is 0.247 e. The standard InChI is InChI=1S/C18H18ClN3O3S/c1-18(2,3)13(23)8-16-22(15(24)10-26-16)9-14-20-17(21-25-14)11-4-6-12(19)7-5-11/h4-8H,9-10H2,1-3H3/b16-8-. The highest BCUT2D eigenvalue weighted by atomic mass is 35.5. The fraction of sp³-hybridized carbons (Fsp3) is 0.333. The average molecular weight is 392 g/mol. The van der Waals surface area contributed by atoms with E-state index in [0.29, 0.717) is 27.5 Å². The number of nitrogens with zero attached hydrogens (tertiary/aromatic N) is 3. The highest BCUT2D eigenvalue weighted by molar-refractivity contribution is 8.04. The number of halogens is 1. The predicted molar refractivity (Wildman–Crippen MR) is 100 cm³/mol. The Morgan fingerprint density at radius 2 is 2.04 bits per heavy atom. The first-order chi connectivity index (χ1) is 12.2. The van der Waals surface area contributed by atoms with Gasteiger partial charge in [-0.3, -0.25) is 14.5 Å². The Morgan fingerprint density at radius 1 is 1.35 bits per heavy atom. The lowest BCUT2D eigenvalue weighted by Gasteiger charge is -2.17. The van der Waals surface area contributed by atoms with E-state index >= 15 is 0 Å². The van der Waals surface area contributed by atoms with Crippen molar-refractivity contribution in [3.05, 3.63) is 46.3 Å². The van der Waals surface area contributed by atoms with E-state index in [2.05, 4.69) is 10.1 Å². The number of allylic oxidation sites excluding steroid dienone is 1. The Labute approximate surface area is 160 Å². The van der Waals surface area contributed by atoms with Crippen LogP contribution in [0.3, 0.4) is 0 Å². The number of benzene rings is 1. The van der Waals surface area contributed by atoms with Crippen molar-refractivity contribution >= 4 is 35.1 Å². The number of rotatable bonds is 4. The first-order valence-electron chi connectivity index (χ1n) is 8.02. The second-order valence-electron chi connectivity index (χ2n) is 6.88. The van der Waals surface area contributed by atoms with Crippen LogP contribution in [-0.2, 0) is 16.1 Å². The van der Waals surface area contributed by atoms with Crippen LogP contribution < -0.4 is 0 Å². The molecule has 0 spiro atoms. The number of aromatic nitrogens is 2. The van der Waals surface area contributed by atoms with Gasteiger partial charge >= 0.3 is 0 Å². The van der Waals surface area contributed by atoms with Gasteiger partial charge in [0.05, 0.1) is 10.8 Å². The van der Waals surface area contributed by atoms with E-state index < -0.39 is 5.41 Å². The minimum atomic E-state index is -0.503. The van der Waals surface area contributed by atoms with Crippen molar-refractivity contribution in [1.29, 1.82) is 0 Å². The van der Waals surface area contributed by atoms with Crippen molar-refractivity contribution in [3.63, 3.8) is 0 Å². The molecule has 1 aliphatic heterocycles. The molecule has 1 aromatic carbocycles. The minimum absolute atomic E-state index is 0.0351. The summed E-state index contributed by atoms with van der Waals surface area (Å²) in [5, 5.41) is 5.18. The summed E-state index contributed by atoms with van der Waals surface area (Å²) in [6.07, 6.45) is 1.52. The van der Waals surface area contributed by atoms with E-state index in [1.165, 1.54) is 22.7 Å². The quantitative estimate of drug-likeness (QED) is 0.735. The minimum Gasteiger partial charge on any atom is -0.337 e. The Morgan fingerprint density at radius 3 is 2.69 bits per heavy atom. The van der Waals surface area contributed by atoms with Gasteiger partial charge in [0.15, 0.2) is 5.78 Å². The molecule has 1 aliphatic rings. The lowest BCUT2D eigenvalue weighted by molar-refractivity contribution is -0.126. The molecule has 0 aliphatic carbocycles. The highest BCUT2D eigenvalue weighted by Crippen LogP contribution is 2.32. The van der Waals surface area contributed by atoms with Crippen LogP contribution in [0.1, 0.15) is 26.7 Å². The molecule has 8 heteroatoms. The molecule has 1 fully saturated rings. The SMILES string of the molecule is CC(C)(C)C(=O)/C=C1\SCC(=O)N1Cc1nc(-c2ccc(Cl)cc2)no1. The molecule has 0 radical (unpaired) electrons. The van der Waals surface area contributed by atoms with Crippen molar-refractivity contribution in [3.8, 4) is 11.4 Å². The van der Waals surface area contributed by atoms with Crippen LogP contribution in [0.5, 0.6) is 0 Å². The Hall–Kier alpha value is -2.12. The number of carbonyl (C=O) groups is 2. The lowest BCUT2D eigenvalue weighted by atomic mass is 9.91. The highest BCUT2D eigenvalue weighted by Gasteiger charge is 2.30. The van der Waals surface area contributed by atoms with Crippen molar-refractivity contribution in [2.45, 2.75) is 27.3 Å². The first-order valence-corrected chi connectivity index (χ1v) is 9.38. The fourth-order valence-corrected chi connectivity index (χ4v) is 3.27. The predicted octanol–water partition coefficient (Wildman–Crippen LogP) is 3.92. The first kappa shape index (κ1) is 18.7. The van der Waals surface area contributed by atoms with Crippen LogP contribution in [0, 0.1) is 5.41 Å². The van der Waals surface area contributed by atoms with Gasteiger partial charge in [-0.1, -0.05) is 49.3 Å². The molecule has 136 valence electrons. The normalized spacial score (nSPS) is 16.5. The molecule has 2 aromatic rings. The van der Waals surface area contributed by atoms with Gasteiger partial charge in [-0.25, -0.2) is 0 Å². The van der Waals surface area contributed by atoms with Gasteiger partial charge in [-0.05, 0) is 24.3 Å². The molecule has 0 saturated carbocycles. The third-order valence-corrected chi connectivity index (χ3v) is 5.05. The lowest BCUT2D eigenvalue weighted by Crippen LogP contribution is -2.26. The molecular formula is C18H18ClN3O3S. The van der Waals surface area contributed by atoms with E-state index in [4.69, 9.17) is 16.1 Å². The van der Waals surface area contributed by atoms with Crippen LogP contribution in [0.25, 0.3) is 11.4 Å². The Bertz CT molecular complexity index is 869.